The Morgan fingerprint density at radius 2 is 1.95 bits per heavy atom. The molecule has 2 aromatic rings. The van der Waals surface area contributed by atoms with E-state index >= 15 is 0 Å². The largest absolute Gasteiger partial charge is 0.279 e. The maximum absolute atomic E-state index is 12.2. The number of benzene rings is 1. The molecule has 1 N–H and O–H groups in total. The average molecular weight is 446 g/mol. The number of nitrogens with one attached hydrogen (secondary N) is 1. The second kappa shape index (κ2) is 5.73. The lowest BCUT2D eigenvalue weighted by atomic mass is 10.2. The van der Waals surface area contributed by atoms with Gasteiger partial charge in [0.1, 0.15) is 4.21 Å². The van der Waals surface area contributed by atoms with Gasteiger partial charge in [-0.2, -0.15) is 0 Å². The van der Waals surface area contributed by atoms with Crippen LogP contribution in [0.5, 0.6) is 0 Å². The Kier molecular flexibility index (Phi) is 4.62. The fourth-order valence-corrected chi connectivity index (χ4v) is 5.37. The van der Waals surface area contributed by atoms with Gasteiger partial charge < -0.3 is 0 Å². The first-order valence-electron chi connectivity index (χ1n) is 5.03. The molecule has 3 nitrogen and oxygen atoms in total. The molecule has 0 saturated carbocycles. The zero-order chi connectivity index (χ0) is 14.2. The molecule has 0 unspecified atom stereocenters. The molecule has 8 heteroatoms. The van der Waals surface area contributed by atoms with Crippen LogP contribution in [0.15, 0.2) is 36.7 Å². The lowest BCUT2D eigenvalue weighted by Crippen LogP contribution is -2.11. The van der Waals surface area contributed by atoms with Crippen molar-refractivity contribution in [2.24, 2.45) is 0 Å². The summed E-state index contributed by atoms with van der Waals surface area (Å²) < 4.78 is 28.5. The highest BCUT2D eigenvalue weighted by Gasteiger charge is 2.19. The van der Waals surface area contributed by atoms with Crippen molar-refractivity contribution in [2.45, 2.75) is 11.1 Å². The van der Waals surface area contributed by atoms with E-state index < -0.39 is 10.0 Å². The van der Waals surface area contributed by atoms with E-state index in [1.54, 1.807) is 24.3 Å². The summed E-state index contributed by atoms with van der Waals surface area (Å²) >= 11 is 13.6. The summed E-state index contributed by atoms with van der Waals surface area (Å²) in [6.45, 7) is 1.86. The van der Waals surface area contributed by atoms with Crippen molar-refractivity contribution in [3.8, 4) is 0 Å². The molecule has 0 radical (unpaired) electrons. The Labute approximate surface area is 137 Å². The van der Waals surface area contributed by atoms with Crippen molar-refractivity contribution in [1.29, 1.82) is 0 Å². The number of rotatable bonds is 3. The van der Waals surface area contributed by atoms with Gasteiger partial charge in [0.05, 0.1) is 9.47 Å². The molecule has 102 valence electrons. The fraction of sp³-hybridized carbons (Fsp3) is 0.0909. The molecule has 0 bridgehead atoms. The Morgan fingerprint density at radius 3 is 2.47 bits per heavy atom. The van der Waals surface area contributed by atoms with Gasteiger partial charge in [-0.15, -0.1) is 11.3 Å². The lowest BCUT2D eigenvalue weighted by Gasteiger charge is -2.07. The molecule has 0 amide bonds. The monoisotopic (exact) mass is 443 g/mol. The highest BCUT2D eigenvalue weighted by atomic mass is 79.9. The molecule has 0 atom stereocenters. The van der Waals surface area contributed by atoms with Crippen molar-refractivity contribution in [3.63, 3.8) is 0 Å². The third-order valence-corrected chi connectivity index (χ3v) is 7.83. The summed E-state index contributed by atoms with van der Waals surface area (Å²) in [7, 11) is -3.59. The van der Waals surface area contributed by atoms with Gasteiger partial charge in [-0.05, 0) is 62.5 Å². The molecular formula is C11H8Br2ClNO2S2. The zero-order valence-electron chi connectivity index (χ0n) is 9.58. The first-order chi connectivity index (χ1) is 8.79. The molecule has 1 heterocycles. The van der Waals surface area contributed by atoms with Gasteiger partial charge in [0.25, 0.3) is 10.0 Å². The van der Waals surface area contributed by atoms with E-state index in [1.807, 2.05) is 6.92 Å². The van der Waals surface area contributed by atoms with Crippen LogP contribution >= 0.6 is 54.8 Å². The van der Waals surface area contributed by atoms with Crippen LogP contribution in [0.25, 0.3) is 0 Å². The Morgan fingerprint density at radius 1 is 1.26 bits per heavy atom. The third-order valence-electron chi connectivity index (χ3n) is 2.31. The second-order valence-electron chi connectivity index (χ2n) is 3.76. The summed E-state index contributed by atoms with van der Waals surface area (Å²) in [5.74, 6) is 0. The molecule has 0 aliphatic carbocycles. The van der Waals surface area contributed by atoms with Gasteiger partial charge in [0.2, 0.25) is 0 Å². The van der Waals surface area contributed by atoms with Gasteiger partial charge in [-0.3, -0.25) is 4.72 Å². The van der Waals surface area contributed by atoms with Crippen molar-refractivity contribution < 1.29 is 8.42 Å². The van der Waals surface area contributed by atoms with Crippen molar-refractivity contribution in [1.82, 2.24) is 0 Å². The van der Waals surface area contributed by atoms with E-state index in [1.165, 1.54) is 0 Å². The minimum absolute atomic E-state index is 0.225. The standard InChI is InChI=1S/C11H8Br2ClNO2S2/c1-6-2-3-7(4-9(6)14)15-19(16,17)10-5-8(12)11(13)18-10/h2-5,15H,1H3. The first-order valence-corrected chi connectivity index (χ1v) is 9.30. The van der Waals surface area contributed by atoms with Crippen LogP contribution in [-0.4, -0.2) is 8.42 Å². The van der Waals surface area contributed by atoms with Gasteiger partial charge in [0, 0.05) is 9.50 Å². The summed E-state index contributed by atoms with van der Waals surface area (Å²) in [5.41, 5.74) is 1.34. The summed E-state index contributed by atoms with van der Waals surface area (Å²) in [4.78, 5) is 0. The minimum Gasteiger partial charge on any atom is -0.279 e. The van der Waals surface area contributed by atoms with Crippen LogP contribution in [-0.2, 0) is 10.0 Å². The molecule has 0 spiro atoms. The number of hydrogen-bond donors (Lipinski definition) is 1. The van der Waals surface area contributed by atoms with Crippen molar-refractivity contribution in [2.75, 3.05) is 4.72 Å². The van der Waals surface area contributed by atoms with Crippen LogP contribution in [0.2, 0.25) is 5.02 Å². The van der Waals surface area contributed by atoms with Crippen LogP contribution in [0, 0.1) is 6.92 Å². The minimum atomic E-state index is -3.59. The van der Waals surface area contributed by atoms with Crippen LogP contribution in [0.1, 0.15) is 5.56 Å². The summed E-state index contributed by atoms with van der Waals surface area (Å²) in [6.07, 6.45) is 0. The van der Waals surface area contributed by atoms with E-state index in [9.17, 15) is 8.42 Å². The maximum atomic E-state index is 12.2. The van der Waals surface area contributed by atoms with Crippen LogP contribution in [0.3, 0.4) is 0 Å². The second-order valence-corrected chi connectivity index (χ2v) is 9.30. The SMILES string of the molecule is Cc1ccc(NS(=O)(=O)c2cc(Br)c(Br)s2)cc1Cl. The van der Waals surface area contributed by atoms with Gasteiger partial charge in [0.15, 0.2) is 0 Å². The molecule has 1 aromatic carbocycles. The zero-order valence-corrected chi connectivity index (χ0v) is 15.1. The lowest BCUT2D eigenvalue weighted by molar-refractivity contribution is 0.603. The van der Waals surface area contributed by atoms with E-state index in [-0.39, 0.29) is 4.21 Å². The molecule has 0 aliphatic rings. The molecule has 2 rings (SSSR count). The fourth-order valence-electron chi connectivity index (χ4n) is 1.32. The van der Waals surface area contributed by atoms with E-state index in [0.717, 1.165) is 20.7 Å². The van der Waals surface area contributed by atoms with Crippen molar-refractivity contribution in [3.05, 3.63) is 43.1 Å². The van der Waals surface area contributed by atoms with Crippen molar-refractivity contribution >= 4 is 70.5 Å². The average Bonchev–Trinajstić information content (AvgIpc) is 2.65. The van der Waals surface area contributed by atoms with E-state index in [4.69, 9.17) is 11.6 Å². The smallest absolute Gasteiger partial charge is 0.271 e. The molecule has 0 aliphatic heterocycles. The Hall–Kier alpha value is -0.0800. The Bertz CT molecular complexity index is 709. The number of aryl methyl sites for hydroxylation is 1. The molecule has 19 heavy (non-hydrogen) atoms. The van der Waals surface area contributed by atoms with Crippen LogP contribution in [0.4, 0.5) is 5.69 Å². The van der Waals surface area contributed by atoms with Gasteiger partial charge in [-0.1, -0.05) is 17.7 Å². The first kappa shape index (κ1) is 15.3. The summed E-state index contributed by atoms with van der Waals surface area (Å²) in [6, 6.07) is 6.58. The predicted octanol–water partition coefficient (Wildman–Crippen LogP) is 5.04. The molecular weight excluding hydrogens is 438 g/mol. The van der Waals surface area contributed by atoms with Gasteiger partial charge >= 0.3 is 0 Å². The Balaban J connectivity index is 2.33. The number of anilines is 1. The number of sulfonamides is 1. The molecule has 1 aromatic heterocycles. The number of halogens is 3. The normalized spacial score (nSPS) is 11.6. The van der Waals surface area contributed by atoms with E-state index in [2.05, 4.69) is 36.6 Å². The number of thiophene rings is 1. The quantitative estimate of drug-likeness (QED) is 0.720. The molecule has 0 saturated heterocycles. The maximum Gasteiger partial charge on any atom is 0.271 e. The topological polar surface area (TPSA) is 46.2 Å². The highest BCUT2D eigenvalue weighted by molar-refractivity contribution is 9.13. The van der Waals surface area contributed by atoms with Crippen LogP contribution < -0.4 is 4.72 Å². The third kappa shape index (κ3) is 3.52. The number of hydrogen-bond acceptors (Lipinski definition) is 3. The molecule has 0 fully saturated rings. The van der Waals surface area contributed by atoms with Gasteiger partial charge in [-0.25, -0.2) is 8.42 Å². The summed E-state index contributed by atoms with van der Waals surface area (Å²) in [5, 5.41) is 0.522. The highest BCUT2D eigenvalue weighted by Crippen LogP contribution is 2.35. The predicted molar refractivity (Wildman–Crippen MR) is 86.7 cm³/mol. The van der Waals surface area contributed by atoms with E-state index in [0.29, 0.717) is 15.2 Å².